The number of carbonyl (C=O) groups is 2. The molecule has 1 aliphatic heterocycles. The molecule has 2 fully saturated rings. The summed E-state index contributed by atoms with van der Waals surface area (Å²) in [5.74, 6) is 0.538. The number of rotatable bonds is 6. The van der Waals surface area contributed by atoms with Gasteiger partial charge in [-0.25, -0.2) is 4.79 Å². The molecule has 2 aromatic rings. The van der Waals surface area contributed by atoms with E-state index in [1.807, 2.05) is 53.4 Å². The number of benzene rings is 2. The molecule has 0 bridgehead atoms. The van der Waals surface area contributed by atoms with Gasteiger partial charge < -0.3 is 20.3 Å². The topological polar surface area (TPSA) is 70.7 Å². The first-order chi connectivity index (χ1) is 16.1. The molecule has 2 N–H and O–H groups in total. The maximum Gasteiger partial charge on any atom is 0.315 e. The van der Waals surface area contributed by atoms with Crippen molar-refractivity contribution in [3.63, 3.8) is 0 Å². The summed E-state index contributed by atoms with van der Waals surface area (Å²) in [4.78, 5) is 27.4. The second kappa shape index (κ2) is 11.4. The van der Waals surface area contributed by atoms with Crippen LogP contribution in [0.1, 0.15) is 60.9 Å². The maximum atomic E-state index is 13.2. The van der Waals surface area contributed by atoms with E-state index >= 15 is 0 Å². The highest BCUT2D eigenvalue weighted by molar-refractivity contribution is 6.30. The first-order valence-electron chi connectivity index (χ1n) is 11.9. The second-order valence-electron chi connectivity index (χ2n) is 8.93. The van der Waals surface area contributed by atoms with Crippen LogP contribution in [-0.4, -0.2) is 42.0 Å². The summed E-state index contributed by atoms with van der Waals surface area (Å²) < 4.78 is 5.97. The summed E-state index contributed by atoms with van der Waals surface area (Å²) in [6, 6.07) is 15.1. The van der Waals surface area contributed by atoms with Gasteiger partial charge in [0.15, 0.2) is 0 Å². The molecule has 1 saturated carbocycles. The number of ether oxygens (including phenoxy) is 1. The van der Waals surface area contributed by atoms with Crippen molar-refractivity contribution in [2.24, 2.45) is 0 Å². The molecule has 7 heteroatoms. The average molecular weight is 470 g/mol. The first-order valence-corrected chi connectivity index (χ1v) is 12.3. The van der Waals surface area contributed by atoms with Gasteiger partial charge in [-0.2, -0.15) is 0 Å². The van der Waals surface area contributed by atoms with Gasteiger partial charge in [0.1, 0.15) is 12.4 Å². The minimum atomic E-state index is -0.0763. The van der Waals surface area contributed by atoms with E-state index in [0.29, 0.717) is 42.1 Å². The molecule has 2 aromatic carbocycles. The van der Waals surface area contributed by atoms with Crippen LogP contribution in [0.25, 0.3) is 0 Å². The van der Waals surface area contributed by atoms with E-state index in [0.717, 1.165) is 31.2 Å². The number of nitrogens with one attached hydrogen (secondary N) is 2. The van der Waals surface area contributed by atoms with E-state index in [4.69, 9.17) is 16.3 Å². The zero-order valence-electron chi connectivity index (χ0n) is 18.9. The zero-order chi connectivity index (χ0) is 23.0. The normalized spacial score (nSPS) is 17.4. The molecular weight excluding hydrogens is 438 g/mol. The number of hydrogen-bond donors (Lipinski definition) is 2. The Labute approximate surface area is 200 Å². The molecule has 1 heterocycles. The van der Waals surface area contributed by atoms with Gasteiger partial charge in [-0.15, -0.1) is 0 Å². The Kier molecular flexibility index (Phi) is 8.10. The fraction of sp³-hybridized carbons (Fsp3) is 0.462. The Morgan fingerprint density at radius 2 is 1.52 bits per heavy atom. The third-order valence-corrected chi connectivity index (χ3v) is 6.73. The maximum absolute atomic E-state index is 13.2. The standard InChI is InChI=1S/C26H32ClN3O3/c27-20-12-10-19(11-13-20)18-33-24-9-5-4-8-23(24)25(31)30-16-14-22(15-17-30)29-26(32)28-21-6-2-1-3-7-21/h4-5,8-13,21-22H,1-3,6-7,14-18H2,(H2,28,29,32). The van der Waals surface area contributed by atoms with E-state index in [9.17, 15) is 9.59 Å². The lowest BCUT2D eigenvalue weighted by Crippen LogP contribution is -2.51. The lowest BCUT2D eigenvalue weighted by Gasteiger charge is -2.33. The second-order valence-corrected chi connectivity index (χ2v) is 9.37. The van der Waals surface area contributed by atoms with E-state index in [1.54, 1.807) is 0 Å². The third kappa shape index (κ3) is 6.64. The SMILES string of the molecule is O=C(NC1CCCCC1)NC1CCN(C(=O)c2ccccc2OCc2ccc(Cl)cc2)CC1. The van der Waals surface area contributed by atoms with Crippen molar-refractivity contribution < 1.29 is 14.3 Å². The van der Waals surface area contributed by atoms with Crippen molar-refractivity contribution in [2.75, 3.05) is 13.1 Å². The Morgan fingerprint density at radius 3 is 2.21 bits per heavy atom. The van der Waals surface area contributed by atoms with Crippen molar-refractivity contribution in [1.29, 1.82) is 0 Å². The Morgan fingerprint density at radius 1 is 0.879 bits per heavy atom. The summed E-state index contributed by atoms with van der Waals surface area (Å²) in [5.41, 5.74) is 1.55. The highest BCUT2D eigenvalue weighted by Gasteiger charge is 2.27. The molecule has 0 radical (unpaired) electrons. The molecule has 1 saturated heterocycles. The van der Waals surface area contributed by atoms with Gasteiger partial charge in [-0.3, -0.25) is 4.79 Å². The predicted octanol–water partition coefficient (Wildman–Crippen LogP) is 5.16. The summed E-state index contributed by atoms with van der Waals surface area (Å²) in [7, 11) is 0. The Hall–Kier alpha value is -2.73. The van der Waals surface area contributed by atoms with Crippen molar-refractivity contribution in [3.8, 4) is 5.75 Å². The number of para-hydroxylation sites is 1. The fourth-order valence-corrected chi connectivity index (χ4v) is 4.69. The molecule has 0 spiro atoms. The van der Waals surface area contributed by atoms with E-state index in [-0.39, 0.29) is 18.0 Å². The summed E-state index contributed by atoms with van der Waals surface area (Å²) in [6.07, 6.45) is 7.28. The Balaban J connectivity index is 1.27. The van der Waals surface area contributed by atoms with Gasteiger partial charge in [-0.1, -0.05) is 55.1 Å². The number of piperidine rings is 1. The van der Waals surface area contributed by atoms with Gasteiger partial charge in [-0.05, 0) is 55.5 Å². The van der Waals surface area contributed by atoms with Gasteiger partial charge in [0.2, 0.25) is 0 Å². The predicted molar refractivity (Wildman–Crippen MR) is 130 cm³/mol. The van der Waals surface area contributed by atoms with Gasteiger partial charge in [0.05, 0.1) is 5.56 Å². The lowest BCUT2D eigenvalue weighted by molar-refractivity contribution is 0.0703. The number of urea groups is 1. The van der Waals surface area contributed by atoms with Crippen LogP contribution in [0.3, 0.4) is 0 Å². The Bertz CT molecular complexity index is 936. The number of halogens is 1. The molecule has 176 valence electrons. The van der Waals surface area contributed by atoms with Crippen molar-refractivity contribution in [1.82, 2.24) is 15.5 Å². The number of carbonyl (C=O) groups excluding carboxylic acids is 2. The quantitative estimate of drug-likeness (QED) is 0.614. The van der Waals surface area contributed by atoms with Crippen LogP contribution in [0.2, 0.25) is 5.02 Å². The number of nitrogens with zero attached hydrogens (tertiary/aromatic N) is 1. The summed E-state index contributed by atoms with van der Waals surface area (Å²) >= 11 is 5.95. The van der Waals surface area contributed by atoms with E-state index in [2.05, 4.69) is 10.6 Å². The number of amides is 3. The molecule has 6 nitrogen and oxygen atoms in total. The van der Waals surface area contributed by atoms with Crippen LogP contribution < -0.4 is 15.4 Å². The smallest absolute Gasteiger partial charge is 0.315 e. The number of likely N-dealkylation sites (tertiary alicyclic amines) is 1. The molecule has 0 atom stereocenters. The van der Waals surface area contributed by atoms with Crippen molar-refractivity contribution >= 4 is 23.5 Å². The third-order valence-electron chi connectivity index (χ3n) is 6.48. The van der Waals surface area contributed by atoms with Crippen LogP contribution in [0.4, 0.5) is 4.79 Å². The van der Waals surface area contributed by atoms with E-state index < -0.39 is 0 Å². The highest BCUT2D eigenvalue weighted by Crippen LogP contribution is 2.24. The van der Waals surface area contributed by atoms with Crippen LogP contribution in [-0.2, 0) is 6.61 Å². The van der Waals surface area contributed by atoms with Gasteiger partial charge in [0.25, 0.3) is 5.91 Å². The van der Waals surface area contributed by atoms with Crippen molar-refractivity contribution in [3.05, 3.63) is 64.7 Å². The van der Waals surface area contributed by atoms with E-state index in [1.165, 1.54) is 19.3 Å². The van der Waals surface area contributed by atoms with Crippen LogP contribution in [0, 0.1) is 0 Å². The minimum absolute atomic E-state index is 0.0354. The molecular formula is C26H32ClN3O3. The molecule has 1 aliphatic carbocycles. The molecule has 3 amide bonds. The highest BCUT2D eigenvalue weighted by atomic mass is 35.5. The largest absolute Gasteiger partial charge is 0.488 e. The molecule has 2 aliphatic rings. The first kappa shape index (κ1) is 23.4. The average Bonchev–Trinajstić information content (AvgIpc) is 2.84. The van der Waals surface area contributed by atoms with Gasteiger partial charge >= 0.3 is 6.03 Å². The molecule has 33 heavy (non-hydrogen) atoms. The van der Waals surface area contributed by atoms with Crippen molar-refractivity contribution in [2.45, 2.75) is 63.6 Å². The minimum Gasteiger partial charge on any atom is -0.488 e. The molecule has 0 unspecified atom stereocenters. The van der Waals surface area contributed by atoms with Gasteiger partial charge in [0, 0.05) is 30.2 Å². The molecule has 4 rings (SSSR count). The fourth-order valence-electron chi connectivity index (χ4n) is 4.57. The number of hydrogen-bond acceptors (Lipinski definition) is 3. The van der Waals surface area contributed by atoms with Crippen LogP contribution in [0.5, 0.6) is 5.75 Å². The lowest BCUT2D eigenvalue weighted by atomic mass is 9.96. The summed E-state index contributed by atoms with van der Waals surface area (Å²) in [6.45, 7) is 1.58. The zero-order valence-corrected chi connectivity index (χ0v) is 19.7. The monoisotopic (exact) mass is 469 g/mol. The molecule has 0 aromatic heterocycles. The summed E-state index contributed by atoms with van der Waals surface area (Å²) in [5, 5.41) is 6.89. The van der Waals surface area contributed by atoms with Crippen LogP contribution >= 0.6 is 11.6 Å². The van der Waals surface area contributed by atoms with Crippen LogP contribution in [0.15, 0.2) is 48.5 Å².